The van der Waals surface area contributed by atoms with Gasteiger partial charge in [-0.05, 0) is 39.8 Å². The van der Waals surface area contributed by atoms with Gasteiger partial charge in [-0.3, -0.25) is 9.69 Å². The van der Waals surface area contributed by atoms with E-state index in [9.17, 15) is 4.79 Å². The second kappa shape index (κ2) is 11.5. The molecule has 2 heterocycles. The average Bonchev–Trinajstić information content (AvgIpc) is 2.55. The third-order valence-corrected chi connectivity index (χ3v) is 4.71. The van der Waals surface area contributed by atoms with Crippen LogP contribution in [0.2, 0.25) is 0 Å². The van der Waals surface area contributed by atoms with E-state index in [2.05, 4.69) is 24.1 Å². The SMILES string of the molecule is COC1(C(=O)N2CCN(CCOC(C)C)CC2)CCNCC1.Cl.Cl. The van der Waals surface area contributed by atoms with E-state index in [1.165, 1.54) is 0 Å². The summed E-state index contributed by atoms with van der Waals surface area (Å²) < 4.78 is 11.2. The summed E-state index contributed by atoms with van der Waals surface area (Å²) in [6.45, 7) is 10.9. The first kappa shape index (κ1) is 23.9. The van der Waals surface area contributed by atoms with Gasteiger partial charge in [0.1, 0.15) is 5.60 Å². The standard InChI is InChI=1S/C16H31N3O3.2ClH/c1-14(2)22-13-12-18-8-10-19(11-9-18)15(20)16(21-3)4-6-17-7-5-16;;/h14,17H,4-13H2,1-3H3;2*1H. The van der Waals surface area contributed by atoms with Crippen LogP contribution in [0.4, 0.5) is 0 Å². The van der Waals surface area contributed by atoms with E-state index in [-0.39, 0.29) is 36.8 Å². The van der Waals surface area contributed by atoms with Gasteiger partial charge in [-0.2, -0.15) is 0 Å². The fraction of sp³-hybridized carbons (Fsp3) is 0.938. The molecule has 6 nitrogen and oxygen atoms in total. The number of methoxy groups -OCH3 is 1. The minimum atomic E-state index is -0.603. The zero-order valence-corrected chi connectivity index (χ0v) is 16.7. The Hall–Kier alpha value is -0.110. The molecule has 0 saturated carbocycles. The summed E-state index contributed by atoms with van der Waals surface area (Å²) in [5.41, 5.74) is -0.603. The quantitative estimate of drug-likeness (QED) is 0.743. The number of piperazine rings is 1. The number of amides is 1. The van der Waals surface area contributed by atoms with Crippen LogP contribution in [0.5, 0.6) is 0 Å². The lowest BCUT2D eigenvalue weighted by Crippen LogP contribution is -2.59. The van der Waals surface area contributed by atoms with E-state index in [4.69, 9.17) is 9.47 Å². The lowest BCUT2D eigenvalue weighted by Gasteiger charge is -2.42. The summed E-state index contributed by atoms with van der Waals surface area (Å²) in [5, 5.41) is 3.30. The monoisotopic (exact) mass is 385 g/mol. The normalized spacial score (nSPS) is 21.1. The van der Waals surface area contributed by atoms with Gasteiger partial charge in [-0.15, -0.1) is 24.8 Å². The Morgan fingerprint density at radius 3 is 2.21 bits per heavy atom. The number of hydrogen-bond acceptors (Lipinski definition) is 5. The molecule has 0 aromatic rings. The molecule has 1 amide bonds. The van der Waals surface area contributed by atoms with Crippen LogP contribution in [-0.2, 0) is 14.3 Å². The van der Waals surface area contributed by atoms with Crippen LogP contribution in [0, 0.1) is 0 Å². The summed E-state index contributed by atoms with van der Waals surface area (Å²) in [6, 6.07) is 0. The van der Waals surface area contributed by atoms with Crippen LogP contribution in [0.3, 0.4) is 0 Å². The number of hydrogen-bond donors (Lipinski definition) is 1. The molecule has 2 aliphatic rings. The van der Waals surface area contributed by atoms with Crippen LogP contribution < -0.4 is 5.32 Å². The van der Waals surface area contributed by atoms with Gasteiger partial charge in [0, 0.05) is 39.8 Å². The minimum Gasteiger partial charge on any atom is -0.377 e. The Balaban J connectivity index is 0.00000264. The van der Waals surface area contributed by atoms with Crippen molar-refractivity contribution in [3.05, 3.63) is 0 Å². The lowest BCUT2D eigenvalue weighted by atomic mass is 9.90. The fourth-order valence-corrected chi connectivity index (χ4v) is 3.22. The molecular weight excluding hydrogens is 353 g/mol. The minimum absolute atomic E-state index is 0. The molecule has 2 rings (SSSR count). The van der Waals surface area contributed by atoms with Gasteiger partial charge in [-0.1, -0.05) is 0 Å². The Labute approximate surface area is 158 Å². The highest BCUT2D eigenvalue weighted by molar-refractivity contribution is 5.86. The highest BCUT2D eigenvalue weighted by Crippen LogP contribution is 2.25. The first-order chi connectivity index (χ1) is 10.6. The highest BCUT2D eigenvalue weighted by atomic mass is 35.5. The van der Waals surface area contributed by atoms with Gasteiger partial charge < -0.3 is 19.7 Å². The maximum absolute atomic E-state index is 12.8. The van der Waals surface area contributed by atoms with E-state index in [1.54, 1.807) is 7.11 Å². The predicted octanol–water partition coefficient (Wildman–Crippen LogP) is 1.17. The summed E-state index contributed by atoms with van der Waals surface area (Å²) in [5.74, 6) is 0.176. The molecule has 2 saturated heterocycles. The van der Waals surface area contributed by atoms with Crippen molar-refractivity contribution in [3.63, 3.8) is 0 Å². The van der Waals surface area contributed by atoms with Gasteiger partial charge in [0.2, 0.25) is 0 Å². The predicted molar refractivity (Wildman–Crippen MR) is 100 cm³/mol. The molecule has 0 bridgehead atoms. The zero-order chi connectivity index (χ0) is 16.0. The highest BCUT2D eigenvalue weighted by Gasteiger charge is 2.42. The lowest BCUT2D eigenvalue weighted by molar-refractivity contribution is -0.160. The van der Waals surface area contributed by atoms with Gasteiger partial charge in [-0.25, -0.2) is 0 Å². The van der Waals surface area contributed by atoms with Crippen molar-refractivity contribution in [2.75, 3.05) is 59.5 Å². The number of halogens is 2. The second-order valence-corrected chi connectivity index (χ2v) is 6.50. The second-order valence-electron chi connectivity index (χ2n) is 6.50. The van der Waals surface area contributed by atoms with Gasteiger partial charge in [0.15, 0.2) is 0 Å². The molecule has 0 radical (unpaired) electrons. The number of carbonyl (C=O) groups excluding carboxylic acids is 1. The van der Waals surface area contributed by atoms with Gasteiger partial charge >= 0.3 is 0 Å². The summed E-state index contributed by atoms with van der Waals surface area (Å²) in [7, 11) is 1.67. The maximum Gasteiger partial charge on any atom is 0.254 e. The average molecular weight is 386 g/mol. The van der Waals surface area contributed by atoms with E-state index < -0.39 is 5.60 Å². The summed E-state index contributed by atoms with van der Waals surface area (Å²) in [4.78, 5) is 17.2. The molecule has 0 spiro atoms. The van der Waals surface area contributed by atoms with Crippen LogP contribution in [0.1, 0.15) is 26.7 Å². The van der Waals surface area contributed by atoms with Crippen molar-refractivity contribution in [1.82, 2.24) is 15.1 Å². The molecular formula is C16H33Cl2N3O3. The summed E-state index contributed by atoms with van der Waals surface area (Å²) in [6.07, 6.45) is 1.82. The molecule has 0 unspecified atom stereocenters. The Kier molecular flexibility index (Phi) is 11.4. The van der Waals surface area contributed by atoms with Crippen molar-refractivity contribution in [2.45, 2.75) is 38.4 Å². The van der Waals surface area contributed by atoms with Crippen molar-refractivity contribution >= 4 is 30.7 Å². The van der Waals surface area contributed by atoms with Gasteiger partial charge in [0.05, 0.1) is 12.7 Å². The molecule has 0 aromatic heterocycles. The molecule has 0 aromatic carbocycles. The number of nitrogens with one attached hydrogen (secondary N) is 1. The van der Waals surface area contributed by atoms with E-state index in [1.807, 2.05) is 4.90 Å². The number of piperidine rings is 1. The van der Waals surface area contributed by atoms with Crippen LogP contribution in [0.25, 0.3) is 0 Å². The number of nitrogens with zero attached hydrogens (tertiary/aromatic N) is 2. The molecule has 144 valence electrons. The van der Waals surface area contributed by atoms with E-state index in [0.717, 1.165) is 65.3 Å². The topological polar surface area (TPSA) is 54.0 Å². The van der Waals surface area contributed by atoms with Crippen molar-refractivity contribution in [2.24, 2.45) is 0 Å². The molecule has 8 heteroatoms. The largest absolute Gasteiger partial charge is 0.377 e. The van der Waals surface area contributed by atoms with Gasteiger partial charge in [0.25, 0.3) is 5.91 Å². The number of rotatable bonds is 6. The molecule has 24 heavy (non-hydrogen) atoms. The Bertz CT molecular complexity index is 358. The number of carbonyl (C=O) groups is 1. The molecule has 0 aliphatic carbocycles. The van der Waals surface area contributed by atoms with E-state index >= 15 is 0 Å². The zero-order valence-electron chi connectivity index (χ0n) is 15.1. The smallest absolute Gasteiger partial charge is 0.254 e. The van der Waals surface area contributed by atoms with Crippen LogP contribution in [0.15, 0.2) is 0 Å². The van der Waals surface area contributed by atoms with Crippen molar-refractivity contribution in [1.29, 1.82) is 0 Å². The third-order valence-electron chi connectivity index (χ3n) is 4.71. The Morgan fingerprint density at radius 1 is 1.12 bits per heavy atom. The molecule has 1 N–H and O–H groups in total. The molecule has 2 fully saturated rings. The van der Waals surface area contributed by atoms with Crippen LogP contribution >= 0.6 is 24.8 Å². The maximum atomic E-state index is 12.8. The molecule has 2 aliphatic heterocycles. The molecule has 0 atom stereocenters. The first-order valence-corrected chi connectivity index (χ1v) is 8.46. The van der Waals surface area contributed by atoms with E-state index in [0.29, 0.717) is 0 Å². The summed E-state index contributed by atoms with van der Waals surface area (Å²) >= 11 is 0. The fourth-order valence-electron chi connectivity index (χ4n) is 3.22. The number of ether oxygens (including phenoxy) is 2. The van der Waals surface area contributed by atoms with Crippen molar-refractivity contribution < 1.29 is 14.3 Å². The first-order valence-electron chi connectivity index (χ1n) is 8.46. The third kappa shape index (κ3) is 6.32. The van der Waals surface area contributed by atoms with Crippen molar-refractivity contribution in [3.8, 4) is 0 Å². The Morgan fingerprint density at radius 2 is 1.71 bits per heavy atom. The van der Waals surface area contributed by atoms with Crippen LogP contribution in [-0.4, -0.2) is 86.9 Å².